The van der Waals surface area contributed by atoms with Crippen molar-refractivity contribution in [2.45, 2.75) is 45.6 Å². The van der Waals surface area contributed by atoms with Crippen LogP contribution >= 0.6 is 0 Å². The molecular formula is C15H30N2O. The lowest BCUT2D eigenvalue weighted by molar-refractivity contribution is 0.0638. The van der Waals surface area contributed by atoms with Crippen molar-refractivity contribution in [1.29, 1.82) is 0 Å². The number of nitrogens with zero attached hydrogens (tertiary/aromatic N) is 2. The molecule has 0 aromatic rings. The monoisotopic (exact) mass is 254 g/mol. The highest BCUT2D eigenvalue weighted by Crippen LogP contribution is 2.27. The second-order valence-electron chi connectivity index (χ2n) is 6.41. The van der Waals surface area contributed by atoms with Crippen LogP contribution in [0.25, 0.3) is 0 Å². The quantitative estimate of drug-likeness (QED) is 0.829. The van der Waals surface area contributed by atoms with E-state index in [0.717, 1.165) is 24.4 Å². The number of aliphatic hydroxyl groups excluding tert-OH is 1. The molecule has 2 fully saturated rings. The Morgan fingerprint density at radius 3 is 2.11 bits per heavy atom. The van der Waals surface area contributed by atoms with Crippen LogP contribution in [0.5, 0.6) is 0 Å². The lowest BCUT2D eigenvalue weighted by Crippen LogP contribution is -2.48. The third-order valence-electron chi connectivity index (χ3n) is 5.01. The Morgan fingerprint density at radius 2 is 1.61 bits per heavy atom. The van der Waals surface area contributed by atoms with Crippen LogP contribution in [0.1, 0.15) is 39.5 Å². The first-order valence-corrected chi connectivity index (χ1v) is 7.78. The third kappa shape index (κ3) is 3.69. The third-order valence-corrected chi connectivity index (χ3v) is 5.01. The van der Waals surface area contributed by atoms with E-state index in [9.17, 15) is 0 Å². The van der Waals surface area contributed by atoms with Gasteiger partial charge < -0.3 is 14.9 Å². The zero-order valence-electron chi connectivity index (χ0n) is 12.1. The first-order chi connectivity index (χ1) is 8.70. The van der Waals surface area contributed by atoms with Crippen LogP contribution in [-0.4, -0.2) is 60.3 Å². The van der Waals surface area contributed by atoms with Crippen molar-refractivity contribution in [1.82, 2.24) is 9.80 Å². The molecule has 1 N–H and O–H groups in total. The molecule has 2 saturated heterocycles. The molecule has 0 unspecified atom stereocenters. The molecule has 0 saturated carbocycles. The van der Waals surface area contributed by atoms with Gasteiger partial charge in [-0.1, -0.05) is 13.8 Å². The average Bonchev–Trinajstić information content (AvgIpc) is 2.40. The van der Waals surface area contributed by atoms with Gasteiger partial charge in [-0.05, 0) is 63.7 Å². The summed E-state index contributed by atoms with van der Waals surface area (Å²) < 4.78 is 0. The van der Waals surface area contributed by atoms with Crippen LogP contribution in [0.15, 0.2) is 0 Å². The number of hydrogen-bond acceptors (Lipinski definition) is 3. The van der Waals surface area contributed by atoms with Crippen molar-refractivity contribution in [3.05, 3.63) is 0 Å². The summed E-state index contributed by atoms with van der Waals surface area (Å²) in [7, 11) is 0. The second kappa shape index (κ2) is 6.88. The molecule has 2 aliphatic heterocycles. The molecule has 2 aliphatic rings. The first-order valence-electron chi connectivity index (χ1n) is 7.78. The maximum Gasteiger partial charge on any atom is 0.0558 e. The van der Waals surface area contributed by atoms with Crippen molar-refractivity contribution in [3.63, 3.8) is 0 Å². The molecule has 0 aromatic heterocycles. The summed E-state index contributed by atoms with van der Waals surface area (Å²) in [5.41, 5.74) is 0. The smallest absolute Gasteiger partial charge is 0.0558 e. The molecule has 18 heavy (non-hydrogen) atoms. The SMILES string of the molecule is CC(C)C1CCN(C2CCN(CCO)CC2)CC1. The molecule has 0 aliphatic carbocycles. The predicted molar refractivity (Wildman–Crippen MR) is 75.7 cm³/mol. The first kappa shape index (κ1) is 14.3. The molecule has 106 valence electrons. The predicted octanol–water partition coefficient (Wildman–Crippen LogP) is 1.81. The van der Waals surface area contributed by atoms with Gasteiger partial charge in [0.1, 0.15) is 0 Å². The van der Waals surface area contributed by atoms with Crippen LogP contribution < -0.4 is 0 Å². The van der Waals surface area contributed by atoms with Crippen molar-refractivity contribution >= 4 is 0 Å². The van der Waals surface area contributed by atoms with Crippen LogP contribution in [0, 0.1) is 11.8 Å². The molecule has 0 amide bonds. The lowest BCUT2D eigenvalue weighted by atomic mass is 9.85. The van der Waals surface area contributed by atoms with Gasteiger partial charge in [-0.2, -0.15) is 0 Å². The maximum absolute atomic E-state index is 8.96. The van der Waals surface area contributed by atoms with Gasteiger partial charge in [-0.3, -0.25) is 0 Å². The minimum atomic E-state index is 0.310. The number of aliphatic hydroxyl groups is 1. The summed E-state index contributed by atoms with van der Waals surface area (Å²) >= 11 is 0. The molecule has 0 aromatic carbocycles. The highest BCUT2D eigenvalue weighted by atomic mass is 16.3. The summed E-state index contributed by atoms with van der Waals surface area (Å²) in [6, 6.07) is 0.813. The number of rotatable bonds is 4. The van der Waals surface area contributed by atoms with Gasteiger partial charge in [0.2, 0.25) is 0 Å². The van der Waals surface area contributed by atoms with E-state index in [2.05, 4.69) is 23.6 Å². The lowest BCUT2D eigenvalue weighted by Gasteiger charge is -2.42. The highest BCUT2D eigenvalue weighted by molar-refractivity contribution is 4.83. The standard InChI is InChI=1S/C15H30N2O/c1-13(2)14-3-9-17(10-4-14)15-5-7-16(8-6-15)11-12-18/h13-15,18H,3-12H2,1-2H3. The van der Waals surface area contributed by atoms with Crippen molar-refractivity contribution in [2.24, 2.45) is 11.8 Å². The van der Waals surface area contributed by atoms with Crippen LogP contribution in [0.4, 0.5) is 0 Å². The number of likely N-dealkylation sites (tertiary alicyclic amines) is 2. The Labute approximate surface area is 112 Å². The molecule has 2 rings (SSSR count). The molecule has 0 atom stereocenters. The Balaban J connectivity index is 1.71. The molecular weight excluding hydrogens is 224 g/mol. The Morgan fingerprint density at radius 1 is 1.00 bits per heavy atom. The molecule has 0 bridgehead atoms. The number of piperidine rings is 2. The fraction of sp³-hybridized carbons (Fsp3) is 1.00. The van der Waals surface area contributed by atoms with Crippen LogP contribution in [0.2, 0.25) is 0 Å². The largest absolute Gasteiger partial charge is 0.395 e. The van der Waals surface area contributed by atoms with E-state index in [1.54, 1.807) is 0 Å². The summed E-state index contributed by atoms with van der Waals surface area (Å²) in [5, 5.41) is 8.96. The van der Waals surface area contributed by atoms with Gasteiger partial charge in [-0.25, -0.2) is 0 Å². The normalized spacial score (nSPS) is 26.0. The molecule has 3 heteroatoms. The fourth-order valence-electron chi connectivity index (χ4n) is 3.60. The van der Waals surface area contributed by atoms with E-state index in [1.165, 1.54) is 51.9 Å². The van der Waals surface area contributed by atoms with Crippen molar-refractivity contribution in [3.8, 4) is 0 Å². The van der Waals surface area contributed by atoms with Crippen molar-refractivity contribution in [2.75, 3.05) is 39.3 Å². The summed E-state index contributed by atoms with van der Waals surface area (Å²) in [5.74, 6) is 1.81. The van der Waals surface area contributed by atoms with Gasteiger partial charge in [0.25, 0.3) is 0 Å². The topological polar surface area (TPSA) is 26.7 Å². The van der Waals surface area contributed by atoms with Crippen LogP contribution in [-0.2, 0) is 0 Å². The molecule has 0 radical (unpaired) electrons. The summed E-state index contributed by atoms with van der Waals surface area (Å²) in [6.45, 7) is 10.9. The van der Waals surface area contributed by atoms with E-state index in [0.29, 0.717) is 6.61 Å². The van der Waals surface area contributed by atoms with Gasteiger partial charge in [0.05, 0.1) is 6.61 Å². The van der Waals surface area contributed by atoms with Crippen molar-refractivity contribution < 1.29 is 5.11 Å². The number of β-amino-alcohol motifs (C(OH)–C–C–N with tert-alkyl or cyclic N) is 1. The zero-order chi connectivity index (χ0) is 13.0. The summed E-state index contributed by atoms with van der Waals surface area (Å²) in [4.78, 5) is 5.13. The fourth-order valence-corrected chi connectivity index (χ4v) is 3.60. The van der Waals surface area contributed by atoms with E-state index in [1.807, 2.05) is 0 Å². The van der Waals surface area contributed by atoms with Gasteiger partial charge in [0, 0.05) is 12.6 Å². The maximum atomic E-state index is 8.96. The van der Waals surface area contributed by atoms with Gasteiger partial charge >= 0.3 is 0 Å². The van der Waals surface area contributed by atoms with Gasteiger partial charge in [-0.15, -0.1) is 0 Å². The number of hydrogen-bond donors (Lipinski definition) is 1. The van der Waals surface area contributed by atoms with E-state index in [4.69, 9.17) is 5.11 Å². The highest BCUT2D eigenvalue weighted by Gasteiger charge is 2.28. The second-order valence-corrected chi connectivity index (χ2v) is 6.41. The average molecular weight is 254 g/mol. The molecule has 3 nitrogen and oxygen atoms in total. The molecule has 0 spiro atoms. The Hall–Kier alpha value is -0.120. The Bertz CT molecular complexity index is 229. The van der Waals surface area contributed by atoms with Crippen LogP contribution in [0.3, 0.4) is 0 Å². The molecule has 2 heterocycles. The minimum Gasteiger partial charge on any atom is -0.395 e. The minimum absolute atomic E-state index is 0.310. The van der Waals surface area contributed by atoms with E-state index in [-0.39, 0.29) is 0 Å². The van der Waals surface area contributed by atoms with E-state index >= 15 is 0 Å². The van der Waals surface area contributed by atoms with E-state index < -0.39 is 0 Å². The van der Waals surface area contributed by atoms with Gasteiger partial charge in [0.15, 0.2) is 0 Å². The summed E-state index contributed by atoms with van der Waals surface area (Å²) in [6.07, 6.45) is 5.39. The zero-order valence-corrected chi connectivity index (χ0v) is 12.1. The Kier molecular flexibility index (Phi) is 5.46.